The van der Waals surface area contributed by atoms with Crippen LogP contribution in [0.2, 0.25) is 0 Å². The van der Waals surface area contributed by atoms with E-state index >= 15 is 0 Å². The second-order valence-electron chi connectivity index (χ2n) is 3.77. The molecule has 5 heteroatoms. The summed E-state index contributed by atoms with van der Waals surface area (Å²) in [6.07, 6.45) is 2.21. The Morgan fingerprint density at radius 1 is 1.28 bits per heavy atom. The average Bonchev–Trinajstić information content (AvgIpc) is 2.40. The first-order valence-electron chi connectivity index (χ1n) is 5.60. The number of carbonyl (C=O) groups is 1. The number of anilines is 2. The Morgan fingerprint density at radius 3 is 2.61 bits per heavy atom. The van der Waals surface area contributed by atoms with Gasteiger partial charge in [-0.15, -0.1) is 0 Å². The third-order valence-corrected chi connectivity index (χ3v) is 2.52. The van der Waals surface area contributed by atoms with Crippen LogP contribution in [0, 0.1) is 0 Å². The summed E-state index contributed by atoms with van der Waals surface area (Å²) in [6, 6.07) is 9.29. The van der Waals surface area contributed by atoms with E-state index in [1.54, 1.807) is 0 Å². The molecule has 2 aromatic rings. The van der Waals surface area contributed by atoms with E-state index < -0.39 is 5.97 Å². The van der Waals surface area contributed by atoms with Gasteiger partial charge in [-0.05, 0) is 24.1 Å². The molecule has 1 aromatic heterocycles. The van der Waals surface area contributed by atoms with Crippen LogP contribution < -0.4 is 5.32 Å². The molecular formula is C13H13N3O2. The molecule has 0 aliphatic heterocycles. The van der Waals surface area contributed by atoms with Crippen molar-refractivity contribution >= 4 is 17.5 Å². The van der Waals surface area contributed by atoms with Crippen LogP contribution in [0.5, 0.6) is 0 Å². The fourth-order valence-electron chi connectivity index (χ4n) is 1.51. The largest absolute Gasteiger partial charge is 0.477 e. The van der Waals surface area contributed by atoms with Gasteiger partial charge in [0.05, 0.1) is 0 Å². The number of aryl methyl sites for hydroxylation is 1. The van der Waals surface area contributed by atoms with Crippen LogP contribution in [0.3, 0.4) is 0 Å². The first-order chi connectivity index (χ1) is 8.69. The number of aromatic carboxylic acids is 1. The quantitative estimate of drug-likeness (QED) is 0.862. The zero-order valence-corrected chi connectivity index (χ0v) is 9.92. The molecule has 0 amide bonds. The van der Waals surface area contributed by atoms with Crippen molar-refractivity contribution in [2.45, 2.75) is 13.3 Å². The predicted octanol–water partition coefficient (Wildman–Crippen LogP) is 2.48. The Balaban J connectivity index is 2.17. The van der Waals surface area contributed by atoms with Gasteiger partial charge in [-0.2, -0.15) is 0 Å². The minimum absolute atomic E-state index is 0.0299. The Hall–Kier alpha value is -2.43. The maximum atomic E-state index is 10.8. The summed E-state index contributed by atoms with van der Waals surface area (Å²) >= 11 is 0. The van der Waals surface area contributed by atoms with Crippen molar-refractivity contribution in [3.63, 3.8) is 0 Å². The van der Waals surface area contributed by atoms with Gasteiger partial charge >= 0.3 is 5.97 Å². The van der Waals surface area contributed by atoms with Crippen molar-refractivity contribution in [3.05, 3.63) is 47.9 Å². The summed E-state index contributed by atoms with van der Waals surface area (Å²) in [4.78, 5) is 18.4. The highest BCUT2D eigenvalue weighted by Crippen LogP contribution is 2.15. The number of benzene rings is 1. The molecule has 0 saturated carbocycles. The second-order valence-corrected chi connectivity index (χ2v) is 3.77. The summed E-state index contributed by atoms with van der Waals surface area (Å²) in [7, 11) is 0. The van der Waals surface area contributed by atoms with Crippen molar-refractivity contribution in [2.75, 3.05) is 5.32 Å². The number of hydrogen-bond donors (Lipinski definition) is 2. The molecule has 92 valence electrons. The monoisotopic (exact) mass is 243 g/mol. The van der Waals surface area contributed by atoms with Crippen LogP contribution in [-0.2, 0) is 6.42 Å². The molecule has 18 heavy (non-hydrogen) atoms. The number of rotatable bonds is 4. The lowest BCUT2D eigenvalue weighted by atomic mass is 10.1. The number of carboxylic acid groups (broad SMARTS) is 1. The van der Waals surface area contributed by atoms with Gasteiger partial charge in [0.2, 0.25) is 0 Å². The lowest BCUT2D eigenvalue weighted by Gasteiger charge is -2.06. The third kappa shape index (κ3) is 2.82. The van der Waals surface area contributed by atoms with Crippen LogP contribution in [0.1, 0.15) is 23.0 Å². The van der Waals surface area contributed by atoms with E-state index in [1.165, 1.54) is 18.0 Å². The van der Waals surface area contributed by atoms with E-state index in [0.717, 1.165) is 12.1 Å². The van der Waals surface area contributed by atoms with Gasteiger partial charge in [0, 0.05) is 11.8 Å². The van der Waals surface area contributed by atoms with E-state index in [9.17, 15) is 4.79 Å². The normalized spacial score (nSPS) is 10.1. The molecule has 2 rings (SSSR count). The van der Waals surface area contributed by atoms with Gasteiger partial charge in [-0.3, -0.25) is 0 Å². The fraction of sp³-hybridized carbons (Fsp3) is 0.154. The molecule has 0 saturated heterocycles. The van der Waals surface area contributed by atoms with Gasteiger partial charge in [0.15, 0.2) is 5.69 Å². The molecule has 0 aliphatic carbocycles. The highest BCUT2D eigenvalue weighted by molar-refractivity contribution is 5.86. The van der Waals surface area contributed by atoms with Crippen LogP contribution in [0.4, 0.5) is 11.5 Å². The molecule has 0 bridgehead atoms. The van der Waals surface area contributed by atoms with E-state index in [1.807, 2.05) is 24.3 Å². The zero-order valence-electron chi connectivity index (χ0n) is 9.92. The number of nitrogens with one attached hydrogen (secondary N) is 1. The molecular weight excluding hydrogens is 230 g/mol. The predicted molar refractivity (Wildman–Crippen MR) is 68.1 cm³/mol. The number of hydrogen-bond acceptors (Lipinski definition) is 4. The molecule has 5 nitrogen and oxygen atoms in total. The first kappa shape index (κ1) is 12.0. The molecule has 0 radical (unpaired) electrons. The summed E-state index contributed by atoms with van der Waals surface area (Å²) in [5, 5.41) is 11.9. The minimum atomic E-state index is -1.07. The molecule has 1 heterocycles. The summed E-state index contributed by atoms with van der Waals surface area (Å²) in [5.41, 5.74) is 2.08. The topological polar surface area (TPSA) is 75.1 Å². The standard InChI is InChI=1S/C13H13N3O2/c1-2-9-3-5-10(6-4-9)16-12-7-11(13(17)18)14-8-15-12/h3-8H,2H2,1H3,(H,17,18)(H,14,15,16). The molecule has 2 N–H and O–H groups in total. The summed E-state index contributed by atoms with van der Waals surface area (Å²) < 4.78 is 0. The molecule has 0 aliphatic rings. The van der Waals surface area contributed by atoms with Gasteiger partial charge < -0.3 is 10.4 Å². The molecule has 1 aromatic carbocycles. The average molecular weight is 243 g/mol. The van der Waals surface area contributed by atoms with Gasteiger partial charge in [-0.1, -0.05) is 19.1 Å². The van der Waals surface area contributed by atoms with Crippen molar-refractivity contribution in [1.29, 1.82) is 0 Å². The van der Waals surface area contributed by atoms with E-state index in [2.05, 4.69) is 22.2 Å². The fourth-order valence-corrected chi connectivity index (χ4v) is 1.51. The molecule has 0 atom stereocenters. The van der Waals surface area contributed by atoms with E-state index in [-0.39, 0.29) is 5.69 Å². The van der Waals surface area contributed by atoms with Crippen LogP contribution in [-0.4, -0.2) is 21.0 Å². The summed E-state index contributed by atoms with van der Waals surface area (Å²) in [6.45, 7) is 2.09. The Bertz CT molecular complexity index is 552. The molecule has 0 spiro atoms. The van der Waals surface area contributed by atoms with Crippen molar-refractivity contribution in [1.82, 2.24) is 9.97 Å². The van der Waals surface area contributed by atoms with Crippen molar-refractivity contribution in [3.8, 4) is 0 Å². The second kappa shape index (κ2) is 5.27. The minimum Gasteiger partial charge on any atom is -0.477 e. The highest BCUT2D eigenvalue weighted by Gasteiger charge is 2.05. The van der Waals surface area contributed by atoms with E-state index in [0.29, 0.717) is 5.82 Å². The SMILES string of the molecule is CCc1ccc(Nc2cc(C(=O)O)ncn2)cc1. The highest BCUT2D eigenvalue weighted by atomic mass is 16.4. The smallest absolute Gasteiger partial charge is 0.354 e. The molecule has 0 fully saturated rings. The number of aromatic nitrogens is 2. The van der Waals surface area contributed by atoms with Crippen LogP contribution >= 0.6 is 0 Å². The van der Waals surface area contributed by atoms with Gasteiger partial charge in [0.25, 0.3) is 0 Å². The first-order valence-corrected chi connectivity index (χ1v) is 5.60. The Kier molecular flexibility index (Phi) is 3.52. The maximum absolute atomic E-state index is 10.8. The van der Waals surface area contributed by atoms with E-state index in [4.69, 9.17) is 5.11 Å². The summed E-state index contributed by atoms with van der Waals surface area (Å²) in [5.74, 6) is -0.603. The third-order valence-electron chi connectivity index (χ3n) is 2.52. The lowest BCUT2D eigenvalue weighted by molar-refractivity contribution is 0.0690. The van der Waals surface area contributed by atoms with Crippen LogP contribution in [0.25, 0.3) is 0 Å². The Morgan fingerprint density at radius 2 is 2.00 bits per heavy atom. The maximum Gasteiger partial charge on any atom is 0.354 e. The Labute approximate surface area is 105 Å². The van der Waals surface area contributed by atoms with Gasteiger partial charge in [0.1, 0.15) is 12.1 Å². The van der Waals surface area contributed by atoms with Crippen molar-refractivity contribution in [2.24, 2.45) is 0 Å². The number of nitrogens with zero attached hydrogens (tertiary/aromatic N) is 2. The van der Waals surface area contributed by atoms with Gasteiger partial charge in [-0.25, -0.2) is 14.8 Å². The lowest BCUT2D eigenvalue weighted by Crippen LogP contribution is -2.03. The molecule has 0 unspecified atom stereocenters. The zero-order chi connectivity index (χ0) is 13.0. The number of carboxylic acids is 1. The van der Waals surface area contributed by atoms with Crippen LogP contribution in [0.15, 0.2) is 36.7 Å². The van der Waals surface area contributed by atoms with Crippen molar-refractivity contribution < 1.29 is 9.90 Å².